The maximum Gasteiger partial charge on any atom is 0.105 e. The molecule has 2 rings (SSSR count). The molecular weight excluding hydrogens is 296 g/mol. The molecule has 0 aromatic heterocycles. The second kappa shape index (κ2) is 4.94. The molecular formula is C13H17BrN2S. The quantitative estimate of drug-likeness (QED) is 0.833. The SMILES string of the molecule is CC1(CNc2ccc(C(N)=S)c(Br)c2)CCC1. The average Bonchev–Trinajstić information content (AvgIpc) is 2.23. The highest BCUT2D eigenvalue weighted by atomic mass is 79.9. The van der Waals surface area contributed by atoms with E-state index in [0.29, 0.717) is 10.4 Å². The van der Waals surface area contributed by atoms with Crippen molar-refractivity contribution in [3.8, 4) is 0 Å². The van der Waals surface area contributed by atoms with Gasteiger partial charge >= 0.3 is 0 Å². The minimum absolute atomic E-state index is 0.425. The lowest BCUT2D eigenvalue weighted by Gasteiger charge is -2.38. The highest BCUT2D eigenvalue weighted by Gasteiger charge is 2.31. The van der Waals surface area contributed by atoms with Gasteiger partial charge in [-0.05, 0) is 52.4 Å². The van der Waals surface area contributed by atoms with Gasteiger partial charge in [0.25, 0.3) is 0 Å². The van der Waals surface area contributed by atoms with E-state index < -0.39 is 0 Å². The fourth-order valence-corrected chi connectivity index (χ4v) is 3.00. The first-order valence-electron chi connectivity index (χ1n) is 5.83. The molecule has 0 bridgehead atoms. The fourth-order valence-electron chi connectivity index (χ4n) is 2.10. The van der Waals surface area contributed by atoms with E-state index in [9.17, 15) is 0 Å². The van der Waals surface area contributed by atoms with E-state index in [4.69, 9.17) is 18.0 Å². The van der Waals surface area contributed by atoms with Crippen LogP contribution in [0.25, 0.3) is 0 Å². The molecule has 17 heavy (non-hydrogen) atoms. The number of thiocarbonyl (C=S) groups is 1. The van der Waals surface area contributed by atoms with Crippen LogP contribution in [0.15, 0.2) is 22.7 Å². The molecule has 3 N–H and O–H groups in total. The van der Waals surface area contributed by atoms with Gasteiger partial charge in [-0.3, -0.25) is 0 Å². The molecule has 1 saturated carbocycles. The molecule has 0 spiro atoms. The molecule has 0 heterocycles. The summed E-state index contributed by atoms with van der Waals surface area (Å²) in [5.74, 6) is 0. The van der Waals surface area contributed by atoms with Gasteiger partial charge in [0.1, 0.15) is 4.99 Å². The minimum atomic E-state index is 0.425. The molecule has 1 aromatic carbocycles. The summed E-state index contributed by atoms with van der Waals surface area (Å²) < 4.78 is 0.953. The van der Waals surface area contributed by atoms with Crippen LogP contribution in [0.4, 0.5) is 5.69 Å². The molecule has 0 amide bonds. The monoisotopic (exact) mass is 312 g/mol. The minimum Gasteiger partial charge on any atom is -0.389 e. The van der Waals surface area contributed by atoms with Crippen LogP contribution in [0.5, 0.6) is 0 Å². The lowest BCUT2D eigenvalue weighted by molar-refractivity contribution is 0.180. The van der Waals surface area contributed by atoms with E-state index >= 15 is 0 Å². The molecule has 0 aliphatic heterocycles. The first-order chi connectivity index (χ1) is 8.00. The van der Waals surface area contributed by atoms with Gasteiger partial charge in [0.15, 0.2) is 0 Å². The first-order valence-corrected chi connectivity index (χ1v) is 7.04. The smallest absolute Gasteiger partial charge is 0.105 e. The second-order valence-corrected chi connectivity index (χ2v) is 6.37. The normalized spacial score (nSPS) is 17.3. The van der Waals surface area contributed by atoms with Gasteiger partial charge in [-0.2, -0.15) is 0 Å². The Balaban J connectivity index is 2.02. The summed E-state index contributed by atoms with van der Waals surface area (Å²) in [4.78, 5) is 0.425. The Bertz CT molecular complexity index is 441. The summed E-state index contributed by atoms with van der Waals surface area (Å²) in [5.41, 5.74) is 8.11. The van der Waals surface area contributed by atoms with E-state index in [1.807, 2.05) is 18.2 Å². The van der Waals surface area contributed by atoms with Crippen molar-refractivity contribution in [2.75, 3.05) is 11.9 Å². The van der Waals surface area contributed by atoms with Crippen molar-refractivity contribution < 1.29 is 0 Å². The van der Waals surface area contributed by atoms with Crippen molar-refractivity contribution >= 4 is 38.8 Å². The van der Waals surface area contributed by atoms with Crippen LogP contribution >= 0.6 is 28.1 Å². The van der Waals surface area contributed by atoms with Gasteiger partial charge in [0.05, 0.1) is 0 Å². The van der Waals surface area contributed by atoms with Crippen LogP contribution in [0, 0.1) is 5.41 Å². The zero-order valence-electron chi connectivity index (χ0n) is 9.92. The summed E-state index contributed by atoms with van der Waals surface area (Å²) in [5, 5.41) is 3.48. The third-order valence-corrected chi connectivity index (χ3v) is 4.39. The molecule has 1 aromatic rings. The Labute approximate surface area is 116 Å². The molecule has 4 heteroatoms. The van der Waals surface area contributed by atoms with Crippen LogP contribution in [0.3, 0.4) is 0 Å². The summed E-state index contributed by atoms with van der Waals surface area (Å²) in [7, 11) is 0. The maximum atomic E-state index is 5.62. The summed E-state index contributed by atoms with van der Waals surface area (Å²) >= 11 is 8.46. The lowest BCUT2D eigenvalue weighted by Crippen LogP contribution is -2.33. The Morgan fingerprint density at radius 1 is 1.53 bits per heavy atom. The molecule has 1 aliphatic rings. The zero-order chi connectivity index (χ0) is 12.5. The van der Waals surface area contributed by atoms with Crippen LogP contribution in [-0.4, -0.2) is 11.5 Å². The van der Waals surface area contributed by atoms with Crippen LogP contribution in [0.1, 0.15) is 31.7 Å². The molecule has 0 radical (unpaired) electrons. The topological polar surface area (TPSA) is 38.0 Å². The standard InChI is InChI=1S/C13H17BrN2S/c1-13(5-2-6-13)8-16-9-3-4-10(12(15)17)11(14)7-9/h3-4,7,16H,2,5-6,8H2,1H3,(H2,15,17). The first kappa shape index (κ1) is 12.8. The molecule has 0 atom stereocenters. The van der Waals surface area contributed by atoms with Crippen molar-refractivity contribution in [2.24, 2.45) is 11.1 Å². The number of rotatable bonds is 4. The van der Waals surface area contributed by atoms with E-state index in [0.717, 1.165) is 22.3 Å². The summed E-state index contributed by atoms with van der Waals surface area (Å²) in [6.45, 7) is 3.37. The van der Waals surface area contributed by atoms with Gasteiger partial charge in [0, 0.05) is 22.3 Å². The third-order valence-electron chi connectivity index (χ3n) is 3.51. The molecule has 0 saturated heterocycles. The number of anilines is 1. The summed E-state index contributed by atoms with van der Waals surface area (Å²) in [6, 6.07) is 6.02. The maximum absolute atomic E-state index is 5.62. The lowest BCUT2D eigenvalue weighted by atomic mass is 9.70. The second-order valence-electron chi connectivity index (χ2n) is 5.08. The Morgan fingerprint density at radius 3 is 2.71 bits per heavy atom. The Morgan fingerprint density at radius 2 is 2.24 bits per heavy atom. The summed E-state index contributed by atoms with van der Waals surface area (Å²) in [6.07, 6.45) is 4.01. The molecule has 0 unspecified atom stereocenters. The third kappa shape index (κ3) is 2.99. The van der Waals surface area contributed by atoms with Crippen molar-refractivity contribution in [3.05, 3.63) is 28.2 Å². The van der Waals surface area contributed by atoms with Crippen LogP contribution in [-0.2, 0) is 0 Å². The average molecular weight is 313 g/mol. The zero-order valence-corrected chi connectivity index (χ0v) is 12.3. The predicted molar refractivity (Wildman–Crippen MR) is 80.5 cm³/mol. The Kier molecular flexibility index (Phi) is 3.73. The van der Waals surface area contributed by atoms with E-state index in [2.05, 4.69) is 28.2 Å². The Hall–Kier alpha value is -0.610. The molecule has 2 nitrogen and oxygen atoms in total. The number of nitrogens with one attached hydrogen (secondary N) is 1. The number of halogens is 1. The molecule has 1 aliphatic carbocycles. The van der Waals surface area contributed by atoms with Gasteiger partial charge in [-0.15, -0.1) is 0 Å². The van der Waals surface area contributed by atoms with Gasteiger partial charge in [-0.1, -0.05) is 25.6 Å². The largest absolute Gasteiger partial charge is 0.389 e. The van der Waals surface area contributed by atoms with E-state index in [1.165, 1.54) is 19.3 Å². The fraction of sp³-hybridized carbons (Fsp3) is 0.462. The number of benzene rings is 1. The predicted octanol–water partition coefficient (Wildman–Crippen LogP) is 3.69. The number of hydrogen-bond donors (Lipinski definition) is 2. The van der Waals surface area contributed by atoms with E-state index in [1.54, 1.807) is 0 Å². The molecule has 1 fully saturated rings. The highest BCUT2D eigenvalue weighted by Crippen LogP contribution is 2.40. The molecule has 92 valence electrons. The number of hydrogen-bond acceptors (Lipinski definition) is 2. The van der Waals surface area contributed by atoms with Crippen molar-refractivity contribution in [3.63, 3.8) is 0 Å². The van der Waals surface area contributed by atoms with Gasteiger partial charge < -0.3 is 11.1 Å². The van der Waals surface area contributed by atoms with Crippen LogP contribution in [0.2, 0.25) is 0 Å². The van der Waals surface area contributed by atoms with Gasteiger partial charge in [-0.25, -0.2) is 0 Å². The highest BCUT2D eigenvalue weighted by molar-refractivity contribution is 9.10. The van der Waals surface area contributed by atoms with Crippen molar-refractivity contribution in [2.45, 2.75) is 26.2 Å². The van der Waals surface area contributed by atoms with E-state index in [-0.39, 0.29) is 0 Å². The van der Waals surface area contributed by atoms with Crippen molar-refractivity contribution in [1.29, 1.82) is 0 Å². The van der Waals surface area contributed by atoms with Gasteiger partial charge in [0.2, 0.25) is 0 Å². The van der Waals surface area contributed by atoms with Crippen LogP contribution < -0.4 is 11.1 Å². The number of nitrogens with two attached hydrogens (primary N) is 1. The van der Waals surface area contributed by atoms with Crippen molar-refractivity contribution in [1.82, 2.24) is 0 Å².